The minimum Gasteiger partial charge on any atom is -0.476 e. The Balaban J connectivity index is 1.59. The molecule has 2 heterocycles. The molecule has 1 amide bonds. The van der Waals surface area contributed by atoms with Crippen molar-refractivity contribution in [3.63, 3.8) is 0 Å². The van der Waals surface area contributed by atoms with Gasteiger partial charge in [-0.15, -0.1) is 0 Å². The summed E-state index contributed by atoms with van der Waals surface area (Å²) in [7, 11) is 1.80. The number of pyridine rings is 1. The molecular formula is C19H21ClN4O4. The van der Waals surface area contributed by atoms with Crippen LogP contribution in [0.3, 0.4) is 0 Å². The van der Waals surface area contributed by atoms with Gasteiger partial charge >= 0.3 is 6.09 Å². The molecule has 0 bridgehead atoms. The third kappa shape index (κ3) is 4.52. The van der Waals surface area contributed by atoms with Crippen LogP contribution in [-0.4, -0.2) is 42.8 Å². The molecule has 1 atom stereocenters. The molecule has 0 aliphatic carbocycles. The van der Waals surface area contributed by atoms with Crippen molar-refractivity contribution >= 4 is 28.6 Å². The molecule has 0 aliphatic heterocycles. The molecule has 8 nitrogen and oxygen atoms in total. The van der Waals surface area contributed by atoms with Crippen LogP contribution in [0.4, 0.5) is 4.79 Å². The number of carboxylic acid groups (broad SMARTS) is 1. The normalized spacial score (nSPS) is 12.1. The smallest absolute Gasteiger partial charge is 0.431 e. The number of carbonyl (C=O) groups is 1. The Morgan fingerprint density at radius 2 is 2.07 bits per heavy atom. The Bertz CT molecular complexity index is 948. The number of aryl methyl sites for hydroxylation is 1. The first kappa shape index (κ1) is 19.9. The first-order valence-electron chi connectivity index (χ1n) is 8.84. The number of halogens is 1. The van der Waals surface area contributed by atoms with Crippen LogP contribution in [0.2, 0.25) is 5.15 Å². The summed E-state index contributed by atoms with van der Waals surface area (Å²) in [6.45, 7) is 0.383. The van der Waals surface area contributed by atoms with E-state index >= 15 is 0 Å². The van der Waals surface area contributed by atoms with Crippen LogP contribution < -0.4 is 4.74 Å². The predicted octanol–water partition coefficient (Wildman–Crippen LogP) is 4.28. The van der Waals surface area contributed by atoms with Gasteiger partial charge in [0, 0.05) is 12.4 Å². The van der Waals surface area contributed by atoms with E-state index in [0.717, 1.165) is 16.5 Å². The zero-order valence-electron chi connectivity index (χ0n) is 15.3. The van der Waals surface area contributed by atoms with Gasteiger partial charge in [-0.1, -0.05) is 41.9 Å². The molecule has 0 fully saturated rings. The molecule has 2 aromatic heterocycles. The second-order valence-electron chi connectivity index (χ2n) is 6.35. The number of hydrogen-bond acceptors (Lipinski definition) is 5. The summed E-state index contributed by atoms with van der Waals surface area (Å²) in [5.41, 5.74) is 1.50. The second kappa shape index (κ2) is 8.90. The summed E-state index contributed by atoms with van der Waals surface area (Å²) in [6, 6.07) is 10.1. The maximum atomic E-state index is 11.2. The highest BCUT2D eigenvalue weighted by molar-refractivity contribution is 6.30. The topological polar surface area (TPSA) is 101 Å². The molecule has 0 spiro atoms. The van der Waals surface area contributed by atoms with Crippen LogP contribution in [0.5, 0.6) is 5.88 Å². The fourth-order valence-corrected chi connectivity index (χ4v) is 3.27. The number of rotatable bonds is 8. The fourth-order valence-electron chi connectivity index (χ4n) is 3.08. The van der Waals surface area contributed by atoms with E-state index in [-0.39, 0.29) is 0 Å². The van der Waals surface area contributed by atoms with Crippen molar-refractivity contribution in [2.75, 3.05) is 6.61 Å². The minimum absolute atomic E-state index is 0.331. The zero-order chi connectivity index (χ0) is 20.1. The highest BCUT2D eigenvalue weighted by atomic mass is 35.5. The van der Waals surface area contributed by atoms with Crippen LogP contribution in [-0.2, 0) is 7.05 Å². The Hall–Kier alpha value is -2.84. The summed E-state index contributed by atoms with van der Waals surface area (Å²) in [4.78, 5) is 15.4. The Morgan fingerprint density at radius 3 is 2.79 bits per heavy atom. The number of amides is 1. The van der Waals surface area contributed by atoms with Gasteiger partial charge in [-0.25, -0.2) is 4.79 Å². The van der Waals surface area contributed by atoms with Crippen molar-refractivity contribution in [3.8, 4) is 5.88 Å². The number of fused-ring (bicyclic) bond motifs is 1. The molecule has 9 heteroatoms. The summed E-state index contributed by atoms with van der Waals surface area (Å²) in [6.07, 6.45) is 2.08. The molecule has 3 aromatic rings. The summed E-state index contributed by atoms with van der Waals surface area (Å²) in [5.74, 6) is 0.413. The number of nitrogens with zero attached hydrogens (tertiary/aromatic N) is 4. The highest BCUT2D eigenvalue weighted by Crippen LogP contribution is 2.27. The third-order valence-corrected chi connectivity index (χ3v) is 4.63. The largest absolute Gasteiger partial charge is 0.476 e. The van der Waals surface area contributed by atoms with Crippen molar-refractivity contribution < 1.29 is 19.8 Å². The molecule has 1 unspecified atom stereocenters. The molecule has 2 N–H and O–H groups in total. The lowest BCUT2D eigenvalue weighted by molar-refractivity contribution is -0.100. The number of hydrogen-bond donors (Lipinski definition) is 2. The maximum absolute atomic E-state index is 11.2. The monoisotopic (exact) mass is 404 g/mol. The molecule has 0 radical (unpaired) electrons. The standard InChI is InChI=1S/C19H21ClN4O4/c1-23-17-14(12-21-23)11-16(20)22-18(17)28-10-6-5-9-15(24(27)19(25)26)13-7-3-2-4-8-13/h2-4,7-8,11-12,15,27H,5-6,9-10H2,1H3,(H,25,26). The fraction of sp³-hybridized carbons (Fsp3) is 0.316. The lowest BCUT2D eigenvalue weighted by Gasteiger charge is -2.24. The van der Waals surface area contributed by atoms with Crippen molar-refractivity contribution in [1.29, 1.82) is 0 Å². The molecule has 28 heavy (non-hydrogen) atoms. The van der Waals surface area contributed by atoms with E-state index in [0.29, 0.717) is 42.0 Å². The van der Waals surface area contributed by atoms with Gasteiger partial charge in [0.05, 0.1) is 18.8 Å². The van der Waals surface area contributed by atoms with Gasteiger partial charge in [-0.3, -0.25) is 9.89 Å². The molecule has 0 saturated heterocycles. The van der Waals surface area contributed by atoms with Gasteiger partial charge in [-0.05, 0) is 30.9 Å². The van der Waals surface area contributed by atoms with Gasteiger partial charge in [0.15, 0.2) is 0 Å². The van der Waals surface area contributed by atoms with Crippen LogP contribution in [0.15, 0.2) is 42.6 Å². The van der Waals surface area contributed by atoms with Crippen LogP contribution in [0, 0.1) is 0 Å². The lowest BCUT2D eigenvalue weighted by Crippen LogP contribution is -2.30. The van der Waals surface area contributed by atoms with Crippen LogP contribution in [0.25, 0.3) is 10.9 Å². The Morgan fingerprint density at radius 1 is 1.32 bits per heavy atom. The van der Waals surface area contributed by atoms with Crippen LogP contribution in [0.1, 0.15) is 30.9 Å². The number of unbranched alkanes of at least 4 members (excludes halogenated alkanes) is 1. The van der Waals surface area contributed by atoms with Gasteiger partial charge < -0.3 is 9.84 Å². The Labute approximate surface area is 166 Å². The third-order valence-electron chi connectivity index (χ3n) is 4.44. The van der Waals surface area contributed by atoms with Crippen molar-refractivity contribution in [2.45, 2.75) is 25.3 Å². The van der Waals surface area contributed by atoms with E-state index in [2.05, 4.69) is 10.1 Å². The van der Waals surface area contributed by atoms with Gasteiger partial charge in [0.1, 0.15) is 10.7 Å². The van der Waals surface area contributed by atoms with Crippen molar-refractivity contribution in [1.82, 2.24) is 19.8 Å². The van der Waals surface area contributed by atoms with E-state index in [1.807, 2.05) is 18.2 Å². The van der Waals surface area contributed by atoms with Gasteiger partial charge in [-0.2, -0.15) is 15.1 Å². The van der Waals surface area contributed by atoms with Crippen molar-refractivity contribution in [3.05, 3.63) is 53.3 Å². The summed E-state index contributed by atoms with van der Waals surface area (Å²) in [5, 5.41) is 24.7. The average Bonchev–Trinajstić information content (AvgIpc) is 3.05. The van der Waals surface area contributed by atoms with Crippen molar-refractivity contribution in [2.24, 2.45) is 7.05 Å². The predicted molar refractivity (Wildman–Crippen MR) is 104 cm³/mol. The first-order valence-corrected chi connectivity index (χ1v) is 9.22. The quantitative estimate of drug-likeness (QED) is 0.251. The number of hydroxylamine groups is 2. The lowest BCUT2D eigenvalue weighted by atomic mass is 10.0. The van der Waals surface area contributed by atoms with E-state index < -0.39 is 12.1 Å². The maximum Gasteiger partial charge on any atom is 0.431 e. The molecular weight excluding hydrogens is 384 g/mol. The summed E-state index contributed by atoms with van der Waals surface area (Å²) < 4.78 is 7.46. The molecule has 0 saturated carbocycles. The molecule has 1 aromatic carbocycles. The van der Waals surface area contributed by atoms with E-state index in [4.69, 9.17) is 21.4 Å². The van der Waals surface area contributed by atoms with Gasteiger partial charge in [0.2, 0.25) is 5.88 Å². The molecule has 3 rings (SSSR count). The SMILES string of the molecule is Cn1ncc2cc(Cl)nc(OCCCCC(c3ccccc3)N(O)C(=O)O)c21. The Kier molecular flexibility index (Phi) is 6.33. The number of aromatic nitrogens is 3. The minimum atomic E-state index is -1.38. The zero-order valence-corrected chi connectivity index (χ0v) is 16.1. The van der Waals surface area contributed by atoms with E-state index in [9.17, 15) is 10.0 Å². The molecule has 0 aliphatic rings. The van der Waals surface area contributed by atoms with Gasteiger partial charge in [0.25, 0.3) is 0 Å². The second-order valence-corrected chi connectivity index (χ2v) is 6.74. The average molecular weight is 405 g/mol. The highest BCUT2D eigenvalue weighted by Gasteiger charge is 2.23. The number of benzene rings is 1. The first-order chi connectivity index (χ1) is 13.5. The summed E-state index contributed by atoms with van der Waals surface area (Å²) >= 11 is 6.03. The molecule has 148 valence electrons. The van der Waals surface area contributed by atoms with E-state index in [1.165, 1.54) is 0 Å². The number of ether oxygens (including phenoxy) is 1. The van der Waals surface area contributed by atoms with E-state index in [1.54, 1.807) is 36.1 Å². The van der Waals surface area contributed by atoms with Crippen LogP contribution >= 0.6 is 11.6 Å².